The minimum atomic E-state index is 0.401. The van der Waals surface area contributed by atoms with Gasteiger partial charge in [-0.1, -0.05) is 6.07 Å². The fourth-order valence-corrected chi connectivity index (χ4v) is 3.87. The van der Waals surface area contributed by atoms with E-state index in [0.29, 0.717) is 11.9 Å². The van der Waals surface area contributed by atoms with Gasteiger partial charge in [-0.15, -0.1) is 21.5 Å². The lowest BCUT2D eigenvalue weighted by Crippen LogP contribution is -2.15. The van der Waals surface area contributed by atoms with Crippen LogP contribution in [0.3, 0.4) is 0 Å². The van der Waals surface area contributed by atoms with Gasteiger partial charge in [0.1, 0.15) is 0 Å². The second kappa shape index (κ2) is 5.33. The third-order valence-corrected chi connectivity index (χ3v) is 4.86. The average molecular weight is 297 g/mol. The first-order valence-corrected chi connectivity index (χ1v) is 7.97. The minimum absolute atomic E-state index is 0.401. The van der Waals surface area contributed by atoms with E-state index in [2.05, 4.69) is 39.1 Å². The first kappa shape index (κ1) is 12.6. The highest BCUT2D eigenvalue weighted by atomic mass is 32.1. The molecule has 0 aliphatic heterocycles. The van der Waals surface area contributed by atoms with E-state index < -0.39 is 0 Å². The fourth-order valence-electron chi connectivity index (χ4n) is 2.88. The van der Waals surface area contributed by atoms with Gasteiger partial charge in [-0.2, -0.15) is 0 Å². The van der Waals surface area contributed by atoms with Crippen molar-refractivity contribution in [3.63, 3.8) is 0 Å². The Morgan fingerprint density at radius 3 is 3.19 bits per heavy atom. The van der Waals surface area contributed by atoms with Crippen molar-refractivity contribution in [2.75, 3.05) is 5.32 Å². The van der Waals surface area contributed by atoms with Crippen LogP contribution in [0, 0.1) is 0 Å². The molecule has 5 heteroatoms. The van der Waals surface area contributed by atoms with Gasteiger partial charge in [0.15, 0.2) is 0 Å². The molecule has 3 aromatic rings. The highest BCUT2D eigenvalue weighted by Gasteiger charge is 2.21. The largest absolute Gasteiger partial charge is 0.423 e. The molecule has 2 aromatic heterocycles. The van der Waals surface area contributed by atoms with Gasteiger partial charge in [0.25, 0.3) is 0 Å². The lowest BCUT2D eigenvalue weighted by Gasteiger charge is -2.24. The van der Waals surface area contributed by atoms with Crippen LogP contribution in [0.1, 0.15) is 29.3 Å². The maximum Gasteiger partial charge on any atom is 0.247 e. The Balaban J connectivity index is 1.60. The summed E-state index contributed by atoms with van der Waals surface area (Å²) in [7, 11) is 0. The van der Waals surface area contributed by atoms with Gasteiger partial charge >= 0.3 is 0 Å². The van der Waals surface area contributed by atoms with Crippen LogP contribution in [0.15, 0.2) is 46.5 Å². The summed E-state index contributed by atoms with van der Waals surface area (Å²) in [5.41, 5.74) is 3.49. The van der Waals surface area contributed by atoms with Crippen LogP contribution < -0.4 is 5.32 Å². The van der Waals surface area contributed by atoms with Crippen molar-refractivity contribution in [2.45, 2.75) is 25.3 Å². The summed E-state index contributed by atoms with van der Waals surface area (Å²) in [5, 5.41) is 13.5. The van der Waals surface area contributed by atoms with Gasteiger partial charge in [0.2, 0.25) is 12.3 Å². The predicted molar refractivity (Wildman–Crippen MR) is 83.4 cm³/mol. The number of aromatic nitrogens is 2. The number of fused-ring (bicyclic) bond motifs is 1. The van der Waals surface area contributed by atoms with Gasteiger partial charge in [-0.05, 0) is 54.5 Å². The van der Waals surface area contributed by atoms with Crippen LogP contribution in [0.4, 0.5) is 5.69 Å². The van der Waals surface area contributed by atoms with Crippen molar-refractivity contribution in [3.8, 4) is 11.5 Å². The fraction of sp³-hybridized carbons (Fsp3) is 0.250. The van der Waals surface area contributed by atoms with Crippen molar-refractivity contribution in [1.82, 2.24) is 10.2 Å². The number of hydrogen-bond acceptors (Lipinski definition) is 5. The molecule has 1 atom stereocenters. The first-order valence-electron chi connectivity index (χ1n) is 7.09. The van der Waals surface area contributed by atoms with Crippen LogP contribution in [0.25, 0.3) is 11.5 Å². The van der Waals surface area contributed by atoms with Crippen LogP contribution in [-0.2, 0) is 6.42 Å². The molecule has 0 saturated heterocycles. The van der Waals surface area contributed by atoms with Crippen molar-refractivity contribution >= 4 is 17.0 Å². The van der Waals surface area contributed by atoms with Crippen molar-refractivity contribution in [3.05, 3.63) is 52.5 Å². The molecule has 1 aliphatic carbocycles. The molecule has 0 fully saturated rings. The average Bonchev–Trinajstić information content (AvgIpc) is 3.20. The monoisotopic (exact) mass is 297 g/mol. The predicted octanol–water partition coefficient (Wildman–Crippen LogP) is 4.29. The smallest absolute Gasteiger partial charge is 0.247 e. The highest BCUT2D eigenvalue weighted by Crippen LogP contribution is 2.35. The molecule has 0 saturated carbocycles. The lowest BCUT2D eigenvalue weighted by molar-refractivity contribution is 0.568. The van der Waals surface area contributed by atoms with E-state index in [1.54, 1.807) is 0 Å². The van der Waals surface area contributed by atoms with Gasteiger partial charge in [0.05, 0.1) is 6.04 Å². The molecule has 1 N–H and O–H groups in total. The molecule has 1 aliphatic rings. The Morgan fingerprint density at radius 2 is 2.29 bits per heavy atom. The normalized spacial score (nSPS) is 17.4. The molecule has 4 nitrogen and oxygen atoms in total. The molecule has 2 heterocycles. The topological polar surface area (TPSA) is 51.0 Å². The van der Waals surface area contributed by atoms with Gasteiger partial charge in [-0.3, -0.25) is 0 Å². The van der Waals surface area contributed by atoms with Crippen LogP contribution in [0.5, 0.6) is 0 Å². The molecular weight excluding hydrogens is 282 g/mol. The minimum Gasteiger partial charge on any atom is -0.423 e. The van der Waals surface area contributed by atoms with E-state index in [1.165, 1.54) is 36.1 Å². The molecule has 4 rings (SSSR count). The maximum absolute atomic E-state index is 5.26. The molecule has 0 spiro atoms. The Bertz CT molecular complexity index is 736. The Morgan fingerprint density at radius 1 is 1.29 bits per heavy atom. The zero-order chi connectivity index (χ0) is 14.1. The van der Waals surface area contributed by atoms with Gasteiger partial charge < -0.3 is 9.73 Å². The number of hydrogen-bond donors (Lipinski definition) is 1. The Kier molecular flexibility index (Phi) is 3.20. The number of thiophene rings is 1. The third-order valence-electron chi connectivity index (χ3n) is 3.86. The van der Waals surface area contributed by atoms with Crippen molar-refractivity contribution < 1.29 is 4.42 Å². The Labute approximate surface area is 126 Å². The number of aryl methyl sites for hydroxylation is 1. The van der Waals surface area contributed by atoms with Gasteiger partial charge in [0, 0.05) is 16.1 Å². The molecular formula is C16H15N3OS. The van der Waals surface area contributed by atoms with Gasteiger partial charge in [-0.25, -0.2) is 0 Å². The molecule has 106 valence electrons. The van der Waals surface area contributed by atoms with E-state index in [-0.39, 0.29) is 0 Å². The maximum atomic E-state index is 5.26. The van der Waals surface area contributed by atoms with Crippen LogP contribution >= 0.6 is 11.3 Å². The zero-order valence-electron chi connectivity index (χ0n) is 11.5. The molecule has 1 unspecified atom stereocenters. The molecule has 0 bridgehead atoms. The van der Waals surface area contributed by atoms with E-state index in [9.17, 15) is 0 Å². The second-order valence-electron chi connectivity index (χ2n) is 5.21. The summed E-state index contributed by atoms with van der Waals surface area (Å²) in [5.74, 6) is 0.554. The van der Waals surface area contributed by atoms with Crippen molar-refractivity contribution in [2.24, 2.45) is 0 Å². The number of benzene rings is 1. The van der Waals surface area contributed by atoms with E-state index in [1.807, 2.05) is 23.5 Å². The first-order chi connectivity index (χ1) is 10.4. The summed E-state index contributed by atoms with van der Waals surface area (Å²) in [6, 6.07) is 10.8. The van der Waals surface area contributed by atoms with Crippen molar-refractivity contribution in [1.29, 1.82) is 0 Å². The molecule has 0 radical (unpaired) electrons. The number of rotatable bonds is 3. The summed E-state index contributed by atoms with van der Waals surface area (Å²) in [6.07, 6.45) is 4.99. The molecule has 0 amide bonds. The zero-order valence-corrected chi connectivity index (χ0v) is 12.3. The highest BCUT2D eigenvalue weighted by molar-refractivity contribution is 7.10. The lowest BCUT2D eigenvalue weighted by atomic mass is 9.94. The number of anilines is 1. The van der Waals surface area contributed by atoms with E-state index >= 15 is 0 Å². The molecule has 21 heavy (non-hydrogen) atoms. The van der Waals surface area contributed by atoms with E-state index in [4.69, 9.17) is 4.42 Å². The van der Waals surface area contributed by atoms with Crippen LogP contribution in [0.2, 0.25) is 0 Å². The second-order valence-corrected chi connectivity index (χ2v) is 6.21. The molecule has 1 aromatic carbocycles. The standard InChI is InChI=1S/C16H15N3OS/c1-3-11(16-19-17-10-20-16)9-12(4-1)18-14-5-2-6-15-13(14)7-8-21-15/h1,3-4,7-10,14,18H,2,5-6H2. The van der Waals surface area contributed by atoms with E-state index in [0.717, 1.165) is 11.3 Å². The third kappa shape index (κ3) is 2.45. The summed E-state index contributed by atoms with van der Waals surface area (Å²) >= 11 is 1.87. The quantitative estimate of drug-likeness (QED) is 0.783. The Hall–Kier alpha value is -2.14. The summed E-state index contributed by atoms with van der Waals surface area (Å²) in [4.78, 5) is 1.52. The number of nitrogens with one attached hydrogen (secondary N) is 1. The number of nitrogens with zero attached hydrogens (tertiary/aromatic N) is 2. The summed E-state index contributed by atoms with van der Waals surface area (Å²) < 4.78 is 5.26. The summed E-state index contributed by atoms with van der Waals surface area (Å²) in [6.45, 7) is 0. The SMILES string of the molecule is c1cc(NC2CCCc3sccc32)cc(-c2nnco2)c1. The van der Waals surface area contributed by atoms with Crippen LogP contribution in [-0.4, -0.2) is 10.2 Å².